The number of anilines is 1. The number of nitrogens with one attached hydrogen (secondary N) is 1. The molecule has 0 aromatic carbocycles. The lowest BCUT2D eigenvalue weighted by Crippen LogP contribution is -2.17. The highest BCUT2D eigenvalue weighted by atomic mass is 35.5. The molecule has 0 saturated carbocycles. The largest absolute Gasteiger partial charge is 0.309 e. The van der Waals surface area contributed by atoms with Crippen LogP contribution >= 0.6 is 11.6 Å². The van der Waals surface area contributed by atoms with Gasteiger partial charge in [-0.2, -0.15) is 5.10 Å². The van der Waals surface area contributed by atoms with Crippen LogP contribution in [0.5, 0.6) is 0 Å². The van der Waals surface area contributed by atoms with Crippen molar-refractivity contribution in [2.75, 3.05) is 5.32 Å². The van der Waals surface area contributed by atoms with Crippen molar-refractivity contribution in [3.05, 3.63) is 23.5 Å². The van der Waals surface area contributed by atoms with Crippen molar-refractivity contribution in [2.45, 2.75) is 13.8 Å². The summed E-state index contributed by atoms with van der Waals surface area (Å²) in [5.74, 6) is 0.323. The van der Waals surface area contributed by atoms with Gasteiger partial charge in [0.2, 0.25) is 5.91 Å². The van der Waals surface area contributed by atoms with E-state index >= 15 is 0 Å². The molecule has 0 atom stereocenters. The number of aromatic nitrogens is 3. The van der Waals surface area contributed by atoms with Crippen LogP contribution in [0.15, 0.2) is 18.3 Å². The monoisotopic (exact) mass is 238 g/mol. The molecule has 0 radical (unpaired) electrons. The summed E-state index contributed by atoms with van der Waals surface area (Å²) in [5, 5.41) is 7.09. The number of imidazole rings is 1. The van der Waals surface area contributed by atoms with E-state index in [1.165, 1.54) is 4.52 Å². The van der Waals surface area contributed by atoms with Gasteiger partial charge >= 0.3 is 0 Å². The fourth-order valence-electron chi connectivity index (χ4n) is 1.19. The summed E-state index contributed by atoms with van der Waals surface area (Å²) < 4.78 is 1.53. The Hall–Kier alpha value is -1.62. The third kappa shape index (κ3) is 2.14. The molecule has 0 bridgehead atoms. The zero-order valence-electron chi connectivity index (χ0n) is 8.94. The van der Waals surface area contributed by atoms with Crippen molar-refractivity contribution in [3.8, 4) is 0 Å². The predicted octanol–water partition coefficient (Wildman–Crippen LogP) is 1.98. The summed E-state index contributed by atoms with van der Waals surface area (Å²) in [6, 6.07) is 3.39. The fraction of sp³-hybridized carbons (Fsp3) is 0.300. The normalized spacial score (nSPS) is 11.0. The Morgan fingerprint density at radius 3 is 2.94 bits per heavy atom. The zero-order chi connectivity index (χ0) is 11.7. The molecule has 2 aromatic rings. The quantitative estimate of drug-likeness (QED) is 0.870. The number of nitrogens with zero attached hydrogens (tertiary/aromatic N) is 3. The number of fused-ring (bicyclic) bond motifs is 1. The van der Waals surface area contributed by atoms with Crippen molar-refractivity contribution < 1.29 is 4.79 Å². The predicted molar refractivity (Wildman–Crippen MR) is 61.5 cm³/mol. The molecular formula is C10H11ClN4O. The minimum atomic E-state index is -0.0821. The van der Waals surface area contributed by atoms with Gasteiger partial charge in [0.25, 0.3) is 0 Å². The Balaban J connectivity index is 2.29. The molecule has 0 fully saturated rings. The van der Waals surface area contributed by atoms with Crippen LogP contribution in [-0.2, 0) is 4.79 Å². The molecule has 0 spiro atoms. The van der Waals surface area contributed by atoms with Gasteiger partial charge in [-0.1, -0.05) is 25.4 Å². The molecule has 16 heavy (non-hydrogen) atoms. The second kappa shape index (κ2) is 4.09. The summed E-state index contributed by atoms with van der Waals surface area (Å²) in [4.78, 5) is 15.6. The number of halogens is 1. The van der Waals surface area contributed by atoms with Gasteiger partial charge in [0.05, 0.1) is 6.20 Å². The van der Waals surface area contributed by atoms with E-state index in [0.717, 1.165) is 0 Å². The van der Waals surface area contributed by atoms with Crippen LogP contribution in [0.25, 0.3) is 5.65 Å². The van der Waals surface area contributed by atoms with E-state index in [4.69, 9.17) is 11.6 Å². The molecule has 0 saturated heterocycles. The molecule has 2 rings (SSSR count). The van der Waals surface area contributed by atoms with Crippen molar-refractivity contribution in [1.82, 2.24) is 14.6 Å². The number of amides is 1. The van der Waals surface area contributed by atoms with E-state index < -0.39 is 0 Å². The van der Waals surface area contributed by atoms with Gasteiger partial charge in [0, 0.05) is 5.92 Å². The number of rotatable bonds is 2. The maximum Gasteiger partial charge on any atom is 0.228 e. The Bertz CT molecular complexity index is 535. The minimum Gasteiger partial charge on any atom is -0.309 e. The Kier molecular flexibility index (Phi) is 2.78. The molecule has 0 aliphatic rings. The summed E-state index contributed by atoms with van der Waals surface area (Å²) in [6.07, 6.45) is 1.63. The van der Waals surface area contributed by atoms with E-state index in [1.54, 1.807) is 18.3 Å². The highest BCUT2D eigenvalue weighted by Crippen LogP contribution is 2.11. The Morgan fingerprint density at radius 1 is 1.50 bits per heavy atom. The van der Waals surface area contributed by atoms with Crippen molar-refractivity contribution in [1.29, 1.82) is 0 Å². The van der Waals surface area contributed by atoms with E-state index in [1.807, 2.05) is 13.8 Å². The van der Waals surface area contributed by atoms with Gasteiger partial charge in [0.1, 0.15) is 5.15 Å². The van der Waals surface area contributed by atoms with Gasteiger partial charge in [-0.3, -0.25) is 4.79 Å². The molecular weight excluding hydrogens is 228 g/mol. The van der Waals surface area contributed by atoms with E-state index in [9.17, 15) is 4.79 Å². The molecule has 0 unspecified atom stereocenters. The number of carbonyl (C=O) groups excluding carboxylic acids is 1. The van der Waals surface area contributed by atoms with Crippen LogP contribution in [0.1, 0.15) is 13.8 Å². The third-order valence-electron chi connectivity index (χ3n) is 2.06. The van der Waals surface area contributed by atoms with Gasteiger partial charge in [0.15, 0.2) is 11.5 Å². The van der Waals surface area contributed by atoms with Crippen LogP contribution in [-0.4, -0.2) is 20.5 Å². The highest BCUT2D eigenvalue weighted by Gasteiger charge is 2.09. The van der Waals surface area contributed by atoms with E-state index in [-0.39, 0.29) is 11.8 Å². The van der Waals surface area contributed by atoms with E-state index in [0.29, 0.717) is 16.6 Å². The van der Waals surface area contributed by atoms with E-state index in [2.05, 4.69) is 15.4 Å². The maximum atomic E-state index is 11.4. The lowest BCUT2D eigenvalue weighted by Gasteiger charge is -2.02. The first-order valence-corrected chi connectivity index (χ1v) is 5.27. The molecule has 0 aliphatic carbocycles. The first-order valence-electron chi connectivity index (χ1n) is 4.89. The van der Waals surface area contributed by atoms with Crippen molar-refractivity contribution in [3.63, 3.8) is 0 Å². The number of hydrogen-bond acceptors (Lipinski definition) is 3. The molecule has 6 heteroatoms. The van der Waals surface area contributed by atoms with Gasteiger partial charge in [-0.05, 0) is 12.1 Å². The maximum absolute atomic E-state index is 11.4. The fourth-order valence-corrected chi connectivity index (χ4v) is 1.33. The second-order valence-electron chi connectivity index (χ2n) is 3.73. The molecule has 1 N–H and O–H groups in total. The molecule has 0 aliphatic heterocycles. The van der Waals surface area contributed by atoms with Crippen LogP contribution < -0.4 is 5.32 Å². The lowest BCUT2D eigenvalue weighted by atomic mass is 10.2. The van der Waals surface area contributed by atoms with Crippen molar-refractivity contribution >= 4 is 29.0 Å². The number of carbonyl (C=O) groups is 1. The smallest absolute Gasteiger partial charge is 0.228 e. The van der Waals surface area contributed by atoms with Gasteiger partial charge in [-0.25, -0.2) is 9.50 Å². The standard InChI is InChI=1S/C10H11ClN4O/c1-6(2)10(16)13-8-5-15-9(12-8)4-3-7(11)14-15/h3-6H,1-2H3,(H,13,16). The van der Waals surface area contributed by atoms with Gasteiger partial charge in [-0.15, -0.1) is 0 Å². The first-order chi connectivity index (χ1) is 7.56. The third-order valence-corrected chi connectivity index (χ3v) is 2.26. The molecule has 5 nitrogen and oxygen atoms in total. The number of hydrogen-bond donors (Lipinski definition) is 1. The summed E-state index contributed by atoms with van der Waals surface area (Å²) in [6.45, 7) is 3.64. The minimum absolute atomic E-state index is 0.0745. The molecule has 2 heterocycles. The second-order valence-corrected chi connectivity index (χ2v) is 4.12. The van der Waals surface area contributed by atoms with Crippen molar-refractivity contribution in [2.24, 2.45) is 5.92 Å². The molecule has 2 aromatic heterocycles. The lowest BCUT2D eigenvalue weighted by molar-refractivity contribution is -0.118. The van der Waals surface area contributed by atoms with Gasteiger partial charge < -0.3 is 5.32 Å². The summed E-state index contributed by atoms with van der Waals surface area (Å²) in [7, 11) is 0. The topological polar surface area (TPSA) is 59.3 Å². The molecule has 1 amide bonds. The SMILES string of the molecule is CC(C)C(=O)Nc1cn2nc(Cl)ccc2n1. The average molecular weight is 239 g/mol. The summed E-state index contributed by atoms with van der Waals surface area (Å²) >= 11 is 5.74. The Morgan fingerprint density at radius 2 is 2.25 bits per heavy atom. The zero-order valence-corrected chi connectivity index (χ0v) is 9.69. The van der Waals surface area contributed by atoms with Crippen LogP contribution in [0.4, 0.5) is 5.82 Å². The van der Waals surface area contributed by atoms with Crippen LogP contribution in [0.2, 0.25) is 5.15 Å². The van der Waals surface area contributed by atoms with Crippen LogP contribution in [0, 0.1) is 5.92 Å². The molecule has 84 valence electrons. The van der Waals surface area contributed by atoms with Crippen LogP contribution in [0.3, 0.4) is 0 Å². The highest BCUT2D eigenvalue weighted by molar-refractivity contribution is 6.29. The average Bonchev–Trinajstić information content (AvgIpc) is 2.58. The first kappa shape index (κ1) is 10.9. The summed E-state index contributed by atoms with van der Waals surface area (Å²) in [5.41, 5.74) is 0.642. The Labute approximate surface area is 97.4 Å².